The minimum Gasteiger partial charge on any atom is -0.508 e. The van der Waals surface area contributed by atoms with Crippen LogP contribution in [0.3, 0.4) is 0 Å². The molecule has 0 amide bonds. The maximum Gasteiger partial charge on any atom is 0.331 e. The number of fused-ring (bicyclic) bond motifs is 1. The Kier molecular flexibility index (Phi) is 7.97. The maximum atomic E-state index is 13.7. The van der Waals surface area contributed by atoms with E-state index in [1.807, 2.05) is 0 Å². The highest BCUT2D eigenvalue weighted by atomic mass is 16.7. The van der Waals surface area contributed by atoms with Gasteiger partial charge in [0, 0.05) is 23.8 Å². The molecule has 0 spiro atoms. The van der Waals surface area contributed by atoms with E-state index in [-0.39, 0.29) is 16.9 Å². The minimum absolute atomic E-state index is 0.00990. The van der Waals surface area contributed by atoms with Gasteiger partial charge in [-0.3, -0.25) is 4.79 Å². The van der Waals surface area contributed by atoms with Gasteiger partial charge in [0.25, 0.3) is 0 Å². The Bertz CT molecular complexity index is 1790. The van der Waals surface area contributed by atoms with Gasteiger partial charge in [-0.1, -0.05) is 12.1 Å². The second-order valence-electron chi connectivity index (χ2n) is 9.93. The number of hydrogen-bond acceptors (Lipinski definition) is 14. The molecule has 1 aromatic heterocycles. The van der Waals surface area contributed by atoms with Crippen LogP contribution in [0, 0.1) is 0 Å². The predicted molar refractivity (Wildman–Crippen MR) is 150 cm³/mol. The number of aliphatic hydroxyl groups is 2. The minimum atomic E-state index is -1.78. The zero-order chi connectivity index (χ0) is 31.9. The number of aliphatic hydroxyl groups excluding tert-OH is 2. The van der Waals surface area contributed by atoms with Gasteiger partial charge < -0.3 is 59.5 Å². The van der Waals surface area contributed by atoms with Crippen LogP contribution in [0.2, 0.25) is 0 Å². The lowest BCUT2D eigenvalue weighted by molar-refractivity contribution is -0.272. The van der Waals surface area contributed by atoms with E-state index in [9.17, 15) is 50.4 Å². The fourth-order valence-electron chi connectivity index (χ4n) is 4.56. The van der Waals surface area contributed by atoms with Gasteiger partial charge in [-0.2, -0.15) is 0 Å². The Hall–Kier alpha value is -5.44. The molecule has 4 aromatic rings. The van der Waals surface area contributed by atoms with Crippen LogP contribution in [0.15, 0.2) is 63.8 Å². The lowest BCUT2D eigenvalue weighted by Crippen LogP contribution is -2.59. The van der Waals surface area contributed by atoms with E-state index in [1.54, 1.807) is 0 Å². The molecule has 230 valence electrons. The monoisotopic (exact) mass is 610 g/mol. The summed E-state index contributed by atoms with van der Waals surface area (Å²) in [7, 11) is 0. The van der Waals surface area contributed by atoms with Crippen molar-refractivity contribution >= 4 is 23.0 Å². The number of ether oxygens (including phenoxy) is 3. The summed E-state index contributed by atoms with van der Waals surface area (Å²) >= 11 is 0. The van der Waals surface area contributed by atoms with E-state index in [1.165, 1.54) is 37.3 Å². The summed E-state index contributed by atoms with van der Waals surface area (Å²) in [4.78, 5) is 26.4. The fraction of sp³-hybridized carbons (Fsp3) is 0.200. The van der Waals surface area contributed by atoms with Crippen LogP contribution in [0.5, 0.6) is 40.2 Å². The Morgan fingerprint density at radius 1 is 0.864 bits per heavy atom. The highest BCUT2D eigenvalue weighted by molar-refractivity contribution is 5.89. The Morgan fingerprint density at radius 2 is 1.52 bits per heavy atom. The van der Waals surface area contributed by atoms with E-state index in [2.05, 4.69) is 0 Å². The number of carbonyl (C=O) groups excluding carboxylic acids is 1. The highest BCUT2D eigenvalue weighted by Gasteiger charge is 2.47. The lowest BCUT2D eigenvalue weighted by Gasteiger charge is -2.40. The van der Waals surface area contributed by atoms with Gasteiger partial charge in [0.1, 0.15) is 40.4 Å². The van der Waals surface area contributed by atoms with Crippen molar-refractivity contribution in [1.29, 1.82) is 0 Å². The Labute approximate surface area is 247 Å². The van der Waals surface area contributed by atoms with Crippen molar-refractivity contribution < 1.29 is 64.3 Å². The van der Waals surface area contributed by atoms with E-state index in [0.717, 1.165) is 30.3 Å². The number of hydrogen-bond donors (Lipinski definition) is 8. The van der Waals surface area contributed by atoms with Crippen molar-refractivity contribution in [2.75, 3.05) is 0 Å². The molecule has 1 fully saturated rings. The molecular weight excluding hydrogens is 584 g/mol. The van der Waals surface area contributed by atoms with E-state index in [0.29, 0.717) is 5.56 Å². The average molecular weight is 611 g/mol. The van der Waals surface area contributed by atoms with Crippen LogP contribution in [0.1, 0.15) is 12.5 Å². The molecule has 3 aromatic carbocycles. The van der Waals surface area contributed by atoms with E-state index < -0.39 is 87.7 Å². The molecule has 1 saturated heterocycles. The van der Waals surface area contributed by atoms with Gasteiger partial charge in [0.15, 0.2) is 29.1 Å². The number of esters is 1. The number of benzene rings is 3. The van der Waals surface area contributed by atoms with Gasteiger partial charge in [-0.25, -0.2) is 4.79 Å². The molecule has 5 rings (SSSR count). The van der Waals surface area contributed by atoms with Gasteiger partial charge in [0.2, 0.25) is 17.5 Å². The smallest absolute Gasteiger partial charge is 0.331 e. The number of aromatic hydroxyl groups is 6. The zero-order valence-corrected chi connectivity index (χ0v) is 22.7. The standard InChI is InChI=1S/C30H26O14/c1-12-23(37)26(40)29(43-21(36)7-4-13-2-5-15(31)6-3-13)30(41-12)44-28-25(39)22-17(33)10-16(32)11-20(22)42-27(28)14-8-18(34)24(38)19(35)9-14/h2-12,23,26,29-35,37-38,40H,1H3. The molecule has 5 unspecified atom stereocenters. The summed E-state index contributed by atoms with van der Waals surface area (Å²) < 4.78 is 22.6. The van der Waals surface area contributed by atoms with Gasteiger partial charge in [0.05, 0.1) is 6.10 Å². The van der Waals surface area contributed by atoms with Gasteiger partial charge >= 0.3 is 5.97 Å². The van der Waals surface area contributed by atoms with Crippen LogP contribution in [-0.4, -0.2) is 77.5 Å². The number of phenols is 6. The number of rotatable bonds is 6. The molecule has 0 bridgehead atoms. The lowest BCUT2D eigenvalue weighted by atomic mass is 9.99. The number of carbonyl (C=O) groups is 1. The summed E-state index contributed by atoms with van der Waals surface area (Å²) in [5.41, 5.74) is -1.08. The van der Waals surface area contributed by atoms with Crippen molar-refractivity contribution in [3.63, 3.8) is 0 Å². The van der Waals surface area contributed by atoms with Crippen LogP contribution in [-0.2, 0) is 14.3 Å². The molecule has 14 nitrogen and oxygen atoms in total. The first-order chi connectivity index (χ1) is 20.8. The predicted octanol–water partition coefficient (Wildman–Crippen LogP) is 2.16. The molecule has 1 aliphatic rings. The number of phenolic OH excluding ortho intramolecular Hbond substituents is 6. The van der Waals surface area contributed by atoms with Gasteiger partial charge in [-0.05, 0) is 42.8 Å². The maximum absolute atomic E-state index is 13.7. The quantitative estimate of drug-likeness (QED) is 0.0887. The third-order valence-corrected chi connectivity index (χ3v) is 6.83. The summed E-state index contributed by atoms with van der Waals surface area (Å²) in [6.07, 6.45) is -5.60. The molecule has 0 saturated carbocycles. The topological polar surface area (TPSA) is 237 Å². The van der Waals surface area contributed by atoms with Crippen molar-refractivity contribution in [1.82, 2.24) is 0 Å². The molecule has 5 atom stereocenters. The highest BCUT2D eigenvalue weighted by Crippen LogP contribution is 2.43. The average Bonchev–Trinajstić information content (AvgIpc) is 2.97. The Morgan fingerprint density at radius 3 is 2.18 bits per heavy atom. The van der Waals surface area contributed by atoms with Gasteiger partial charge in [-0.15, -0.1) is 0 Å². The van der Waals surface area contributed by atoms with Crippen molar-refractivity contribution in [2.24, 2.45) is 0 Å². The van der Waals surface area contributed by atoms with Crippen LogP contribution in [0.25, 0.3) is 28.4 Å². The normalized spacial score (nSPS) is 21.8. The first-order valence-corrected chi connectivity index (χ1v) is 13.0. The van der Waals surface area contributed by atoms with Crippen molar-refractivity contribution in [3.05, 3.63) is 70.4 Å². The van der Waals surface area contributed by atoms with Crippen LogP contribution >= 0.6 is 0 Å². The largest absolute Gasteiger partial charge is 0.508 e. The van der Waals surface area contributed by atoms with Crippen molar-refractivity contribution in [2.45, 2.75) is 37.6 Å². The molecule has 0 aliphatic carbocycles. The second-order valence-corrected chi connectivity index (χ2v) is 9.93. The summed E-state index contributed by atoms with van der Waals surface area (Å²) in [6, 6.07) is 9.54. The molecular formula is C30H26O14. The van der Waals surface area contributed by atoms with Crippen molar-refractivity contribution in [3.8, 4) is 51.6 Å². The third-order valence-electron chi connectivity index (χ3n) is 6.83. The Balaban J connectivity index is 1.58. The summed E-state index contributed by atoms with van der Waals surface area (Å²) in [5.74, 6) is -5.86. The molecule has 1 aliphatic heterocycles. The van der Waals surface area contributed by atoms with Crippen LogP contribution in [0.4, 0.5) is 0 Å². The summed E-state index contributed by atoms with van der Waals surface area (Å²) in [5, 5.41) is 80.6. The zero-order valence-electron chi connectivity index (χ0n) is 22.7. The molecule has 8 N–H and O–H groups in total. The van der Waals surface area contributed by atoms with Crippen LogP contribution < -0.4 is 10.2 Å². The third kappa shape index (κ3) is 5.76. The van der Waals surface area contributed by atoms with E-state index in [4.69, 9.17) is 18.6 Å². The second kappa shape index (κ2) is 11.7. The molecule has 2 heterocycles. The molecule has 44 heavy (non-hydrogen) atoms. The molecule has 14 heteroatoms. The first-order valence-electron chi connectivity index (χ1n) is 13.0. The molecule has 0 radical (unpaired) electrons. The van der Waals surface area contributed by atoms with E-state index >= 15 is 0 Å². The first kappa shape index (κ1) is 30.0. The SMILES string of the molecule is CC1OC(Oc2c(-c3cc(O)c(O)c(O)c3)oc3cc(O)cc(O)c3c2=O)C(OC(=O)C=Cc2ccc(O)cc2)C(O)C1O. The summed E-state index contributed by atoms with van der Waals surface area (Å²) in [6.45, 7) is 1.38. The fourth-order valence-corrected chi connectivity index (χ4v) is 4.56.